The average Bonchev–Trinajstić information content (AvgIpc) is 2.75. The summed E-state index contributed by atoms with van der Waals surface area (Å²) < 4.78 is 11.7. The fourth-order valence-corrected chi connectivity index (χ4v) is 5.28. The zero-order valence-corrected chi connectivity index (χ0v) is 19.4. The van der Waals surface area contributed by atoms with Gasteiger partial charge >= 0.3 is 6.09 Å². The van der Waals surface area contributed by atoms with Crippen LogP contribution in [0.25, 0.3) is 10.9 Å². The van der Waals surface area contributed by atoms with E-state index in [0.29, 0.717) is 5.92 Å². The summed E-state index contributed by atoms with van der Waals surface area (Å²) in [4.78, 5) is 19.9. The molecule has 1 aromatic carbocycles. The highest BCUT2D eigenvalue weighted by atomic mass is 16.6. The highest BCUT2D eigenvalue weighted by Crippen LogP contribution is 2.44. The summed E-state index contributed by atoms with van der Waals surface area (Å²) in [5.74, 6) is 2.21. The summed E-state index contributed by atoms with van der Waals surface area (Å²) in [5, 5.41) is 3.95. The molecule has 0 saturated carbocycles. The number of piperidine rings is 3. The summed E-state index contributed by atoms with van der Waals surface area (Å²) in [6, 6.07) is 8.05. The lowest BCUT2D eigenvalue weighted by molar-refractivity contribution is -0.0611. The number of carbonyl (C=O) groups is 1. The Morgan fingerprint density at radius 2 is 2.13 bits per heavy atom. The number of hydrogen-bond donors (Lipinski definition) is 1. The third-order valence-electron chi connectivity index (χ3n) is 6.81. The molecule has 31 heavy (non-hydrogen) atoms. The van der Waals surface area contributed by atoms with E-state index in [2.05, 4.69) is 22.1 Å². The largest absolute Gasteiger partial charge is 0.497 e. The van der Waals surface area contributed by atoms with Crippen molar-refractivity contribution in [3.63, 3.8) is 0 Å². The Morgan fingerprint density at radius 1 is 1.32 bits per heavy atom. The van der Waals surface area contributed by atoms with Crippen LogP contribution >= 0.6 is 0 Å². The van der Waals surface area contributed by atoms with E-state index in [1.54, 1.807) is 7.11 Å². The average molecular weight is 426 g/mol. The van der Waals surface area contributed by atoms with Crippen LogP contribution in [0.1, 0.15) is 58.6 Å². The van der Waals surface area contributed by atoms with E-state index in [-0.39, 0.29) is 23.8 Å². The molecule has 5 rings (SSSR count). The highest BCUT2D eigenvalue weighted by molar-refractivity contribution is 5.84. The third kappa shape index (κ3) is 4.64. The highest BCUT2D eigenvalue weighted by Gasteiger charge is 2.44. The van der Waals surface area contributed by atoms with Crippen molar-refractivity contribution in [2.24, 2.45) is 11.8 Å². The van der Waals surface area contributed by atoms with Gasteiger partial charge < -0.3 is 14.8 Å². The van der Waals surface area contributed by atoms with Crippen molar-refractivity contribution in [1.29, 1.82) is 0 Å². The van der Waals surface area contributed by atoms with Crippen LogP contribution in [0.5, 0.6) is 5.75 Å². The van der Waals surface area contributed by atoms with Crippen LogP contribution in [-0.2, 0) is 4.74 Å². The van der Waals surface area contributed by atoms with Gasteiger partial charge in [-0.2, -0.15) is 0 Å². The van der Waals surface area contributed by atoms with Crippen molar-refractivity contribution < 1.29 is 14.3 Å². The monoisotopic (exact) mass is 425 g/mol. The first-order valence-electron chi connectivity index (χ1n) is 11.4. The van der Waals surface area contributed by atoms with Crippen LogP contribution in [0.15, 0.2) is 30.5 Å². The molecule has 6 nitrogen and oxygen atoms in total. The number of nitrogens with zero attached hydrogens (tertiary/aromatic N) is 2. The van der Waals surface area contributed by atoms with Crippen LogP contribution in [0.2, 0.25) is 0 Å². The lowest BCUT2D eigenvalue weighted by atomic mass is 9.72. The maximum atomic E-state index is 12.9. The standard InChI is InChI=1S/C25H35N3O3/c1-6-16-15-28-12-10-17(16)13-22(28)23(31-24(29)27-25(2,3)4)19-9-11-26-21-8-7-18(30-5)14-20(19)21/h7-9,11,14,16-17,22-23H,6,10,12-13,15H2,1-5H3,(H,27,29)/t16-,17-,22+,23-/m0/s1. The van der Waals surface area contributed by atoms with E-state index in [0.717, 1.165) is 47.6 Å². The molecule has 0 spiro atoms. The van der Waals surface area contributed by atoms with E-state index >= 15 is 0 Å². The number of hydrogen-bond acceptors (Lipinski definition) is 5. The number of ether oxygens (including phenoxy) is 2. The quantitative estimate of drug-likeness (QED) is 0.736. The van der Waals surface area contributed by atoms with Crippen LogP contribution in [0.4, 0.5) is 4.79 Å². The van der Waals surface area contributed by atoms with Gasteiger partial charge in [-0.1, -0.05) is 13.3 Å². The Kier molecular flexibility index (Phi) is 6.11. The molecule has 1 amide bonds. The minimum atomic E-state index is -0.375. The molecular weight excluding hydrogens is 390 g/mol. The van der Waals surface area contributed by atoms with Crippen LogP contribution in [0.3, 0.4) is 0 Å². The summed E-state index contributed by atoms with van der Waals surface area (Å²) in [5.41, 5.74) is 1.52. The minimum absolute atomic E-state index is 0.170. The zero-order valence-electron chi connectivity index (χ0n) is 19.4. The van der Waals surface area contributed by atoms with Gasteiger partial charge in [-0.3, -0.25) is 9.88 Å². The molecule has 6 heteroatoms. The summed E-state index contributed by atoms with van der Waals surface area (Å²) in [7, 11) is 1.67. The number of benzene rings is 1. The number of carbonyl (C=O) groups excluding carboxylic acids is 1. The molecule has 1 N–H and O–H groups in total. The Labute approximate surface area is 185 Å². The van der Waals surface area contributed by atoms with Crippen LogP contribution in [-0.4, -0.2) is 47.8 Å². The Morgan fingerprint density at radius 3 is 2.77 bits per heavy atom. The number of alkyl carbamates (subject to hydrolysis) is 1. The normalized spacial score (nSPS) is 26.5. The first kappa shape index (κ1) is 21.9. The number of aromatic nitrogens is 1. The Bertz CT molecular complexity index is 939. The van der Waals surface area contributed by atoms with Crippen molar-refractivity contribution >= 4 is 17.0 Å². The molecule has 1 unspecified atom stereocenters. The maximum Gasteiger partial charge on any atom is 0.408 e. The molecule has 3 saturated heterocycles. The fraction of sp³-hybridized carbons (Fsp3) is 0.600. The molecule has 3 fully saturated rings. The van der Waals surface area contributed by atoms with Gasteiger partial charge in [-0.25, -0.2) is 4.79 Å². The molecule has 5 atom stereocenters. The molecule has 3 aliphatic heterocycles. The van der Waals surface area contributed by atoms with E-state index in [9.17, 15) is 4.79 Å². The molecule has 4 heterocycles. The van der Waals surface area contributed by atoms with Crippen molar-refractivity contribution in [2.75, 3.05) is 20.2 Å². The van der Waals surface area contributed by atoms with Gasteiger partial charge in [0.2, 0.25) is 0 Å². The maximum absolute atomic E-state index is 12.9. The predicted molar refractivity (Wildman–Crippen MR) is 122 cm³/mol. The van der Waals surface area contributed by atoms with Crippen LogP contribution < -0.4 is 10.1 Å². The summed E-state index contributed by atoms with van der Waals surface area (Å²) in [6.45, 7) is 10.3. The number of nitrogens with one attached hydrogen (secondary N) is 1. The SMILES string of the molecule is CC[C@H]1CN2CC[C@H]1C[C@@H]2[C@@H](OC(=O)NC(C)(C)C)c1ccnc2ccc(OC)cc12. The lowest BCUT2D eigenvalue weighted by Crippen LogP contribution is -2.56. The fourth-order valence-electron chi connectivity index (χ4n) is 5.28. The molecule has 2 bridgehead atoms. The van der Waals surface area contributed by atoms with Crippen LogP contribution in [0, 0.1) is 11.8 Å². The summed E-state index contributed by atoms with van der Waals surface area (Å²) >= 11 is 0. The summed E-state index contributed by atoms with van der Waals surface area (Å²) in [6.07, 6.45) is 4.58. The van der Waals surface area contributed by atoms with Gasteiger partial charge in [-0.05, 0) is 76.3 Å². The smallest absolute Gasteiger partial charge is 0.408 e. The second-order valence-electron chi connectivity index (χ2n) is 10.00. The van der Waals surface area contributed by atoms with Crippen molar-refractivity contribution in [2.45, 2.75) is 64.6 Å². The van der Waals surface area contributed by atoms with E-state index in [4.69, 9.17) is 9.47 Å². The second-order valence-corrected chi connectivity index (χ2v) is 10.00. The van der Waals surface area contributed by atoms with Gasteiger partial charge in [0.1, 0.15) is 11.9 Å². The number of fused-ring (bicyclic) bond motifs is 4. The Hall–Kier alpha value is -2.34. The third-order valence-corrected chi connectivity index (χ3v) is 6.81. The molecule has 0 aliphatic carbocycles. The zero-order chi connectivity index (χ0) is 22.2. The molecule has 168 valence electrons. The first-order valence-corrected chi connectivity index (χ1v) is 11.4. The predicted octanol–water partition coefficient (Wildman–Crippen LogP) is 4.93. The minimum Gasteiger partial charge on any atom is -0.497 e. The van der Waals surface area contributed by atoms with Crippen molar-refractivity contribution in [3.8, 4) is 5.75 Å². The van der Waals surface area contributed by atoms with E-state index in [1.165, 1.54) is 12.8 Å². The van der Waals surface area contributed by atoms with Gasteiger partial charge in [0.15, 0.2) is 0 Å². The molecule has 2 aromatic rings. The van der Waals surface area contributed by atoms with Gasteiger partial charge in [0.25, 0.3) is 0 Å². The van der Waals surface area contributed by atoms with Gasteiger partial charge in [0, 0.05) is 29.2 Å². The Balaban J connectivity index is 1.73. The van der Waals surface area contributed by atoms with Crippen molar-refractivity contribution in [1.82, 2.24) is 15.2 Å². The lowest BCUT2D eigenvalue weighted by Gasteiger charge is -2.51. The molecule has 3 aliphatic rings. The molecule has 0 radical (unpaired) electrons. The number of pyridine rings is 1. The van der Waals surface area contributed by atoms with E-state index in [1.807, 2.05) is 51.2 Å². The molecular formula is C25H35N3O3. The van der Waals surface area contributed by atoms with E-state index < -0.39 is 0 Å². The first-order chi connectivity index (χ1) is 14.8. The van der Waals surface area contributed by atoms with Crippen molar-refractivity contribution in [3.05, 3.63) is 36.0 Å². The van der Waals surface area contributed by atoms with Gasteiger partial charge in [-0.15, -0.1) is 0 Å². The number of amides is 1. The number of rotatable bonds is 5. The molecule has 1 aromatic heterocycles. The number of methoxy groups -OCH3 is 1. The topological polar surface area (TPSA) is 63.7 Å². The second kappa shape index (κ2) is 8.65. The van der Waals surface area contributed by atoms with Gasteiger partial charge in [0.05, 0.1) is 18.7 Å².